The van der Waals surface area contributed by atoms with Crippen LogP contribution in [0.15, 0.2) is 46.9 Å². The molecular weight excluding hydrogens is 415 g/mol. The quantitative estimate of drug-likeness (QED) is 0.557. The summed E-state index contributed by atoms with van der Waals surface area (Å²) in [5.74, 6) is -0.501. The van der Waals surface area contributed by atoms with Crippen molar-refractivity contribution in [3.05, 3.63) is 64.1 Å². The lowest BCUT2D eigenvalue weighted by atomic mass is 10.2. The van der Waals surface area contributed by atoms with Gasteiger partial charge in [0.05, 0.1) is 22.6 Å². The smallest absolute Gasteiger partial charge is 0.252 e. The number of benzene rings is 2. The minimum absolute atomic E-state index is 0.100. The molecule has 1 atom stereocenters. The maximum absolute atomic E-state index is 13.3. The summed E-state index contributed by atoms with van der Waals surface area (Å²) in [7, 11) is 0. The Balaban J connectivity index is 1.50. The summed E-state index contributed by atoms with van der Waals surface area (Å²) in [6.07, 6.45) is 0.100. The van der Waals surface area contributed by atoms with Gasteiger partial charge in [0.25, 0.3) is 5.91 Å². The number of aromatic nitrogens is 2. The lowest BCUT2D eigenvalue weighted by Crippen LogP contribution is -2.32. The summed E-state index contributed by atoms with van der Waals surface area (Å²) in [4.78, 5) is 31.8. The standard InChI is InChI=1S/C19H18BrFN4O2/c1-11(18-24-15-4-2-3-5-16(15)25-18)23-17(26)8-9-22-19(27)13-10-12(21)6-7-14(13)20/h2-7,10-11H,8-9H2,1H3,(H,22,27)(H,23,26)(H,24,25)/t11-/m1/s1. The third-order valence-electron chi connectivity index (χ3n) is 4.01. The number of aromatic amines is 1. The molecule has 0 saturated heterocycles. The number of hydrogen-bond acceptors (Lipinski definition) is 3. The van der Waals surface area contributed by atoms with E-state index in [4.69, 9.17) is 0 Å². The van der Waals surface area contributed by atoms with E-state index in [1.807, 2.05) is 31.2 Å². The summed E-state index contributed by atoms with van der Waals surface area (Å²) < 4.78 is 13.8. The second-order valence-corrected chi connectivity index (χ2v) is 6.91. The average molecular weight is 433 g/mol. The number of amides is 2. The van der Waals surface area contributed by atoms with Crippen molar-refractivity contribution in [2.24, 2.45) is 0 Å². The third-order valence-corrected chi connectivity index (χ3v) is 4.70. The van der Waals surface area contributed by atoms with Gasteiger partial charge in [-0.3, -0.25) is 9.59 Å². The summed E-state index contributed by atoms with van der Waals surface area (Å²) in [6.45, 7) is 1.97. The number of imidazole rings is 1. The molecule has 3 N–H and O–H groups in total. The highest BCUT2D eigenvalue weighted by Gasteiger charge is 2.15. The highest BCUT2D eigenvalue weighted by atomic mass is 79.9. The van der Waals surface area contributed by atoms with Crippen LogP contribution in [0, 0.1) is 5.82 Å². The number of nitrogens with one attached hydrogen (secondary N) is 3. The molecule has 2 aromatic carbocycles. The highest BCUT2D eigenvalue weighted by Crippen LogP contribution is 2.18. The predicted molar refractivity (Wildman–Crippen MR) is 104 cm³/mol. The molecule has 1 aromatic heterocycles. The van der Waals surface area contributed by atoms with Crippen molar-refractivity contribution in [1.82, 2.24) is 20.6 Å². The molecule has 0 bridgehead atoms. The normalized spacial score (nSPS) is 12.0. The van der Waals surface area contributed by atoms with Crippen molar-refractivity contribution in [2.75, 3.05) is 6.54 Å². The van der Waals surface area contributed by atoms with E-state index in [-0.39, 0.29) is 30.5 Å². The van der Waals surface area contributed by atoms with Gasteiger partial charge in [-0.1, -0.05) is 12.1 Å². The lowest BCUT2D eigenvalue weighted by Gasteiger charge is -2.12. The fraction of sp³-hybridized carbons (Fsp3) is 0.211. The highest BCUT2D eigenvalue weighted by molar-refractivity contribution is 9.10. The van der Waals surface area contributed by atoms with Crippen LogP contribution in [0.5, 0.6) is 0 Å². The molecule has 0 aliphatic rings. The topological polar surface area (TPSA) is 86.9 Å². The van der Waals surface area contributed by atoms with Crippen LogP contribution in [-0.2, 0) is 4.79 Å². The molecule has 0 radical (unpaired) electrons. The number of para-hydroxylation sites is 2. The Kier molecular flexibility index (Phi) is 5.85. The molecule has 0 fully saturated rings. The van der Waals surface area contributed by atoms with Crippen molar-refractivity contribution in [1.29, 1.82) is 0 Å². The second kappa shape index (κ2) is 8.30. The summed E-state index contributed by atoms with van der Waals surface area (Å²) in [6, 6.07) is 11.2. The maximum atomic E-state index is 13.3. The fourth-order valence-electron chi connectivity index (χ4n) is 2.62. The van der Waals surface area contributed by atoms with Crippen molar-refractivity contribution < 1.29 is 14.0 Å². The molecule has 0 aliphatic heterocycles. The third kappa shape index (κ3) is 4.71. The van der Waals surface area contributed by atoms with Crippen molar-refractivity contribution >= 4 is 38.8 Å². The number of fused-ring (bicyclic) bond motifs is 1. The van der Waals surface area contributed by atoms with Gasteiger partial charge in [0.1, 0.15) is 11.6 Å². The second-order valence-electron chi connectivity index (χ2n) is 6.06. The summed E-state index contributed by atoms with van der Waals surface area (Å²) in [5.41, 5.74) is 1.93. The van der Waals surface area contributed by atoms with Crippen molar-refractivity contribution in [2.45, 2.75) is 19.4 Å². The fourth-order valence-corrected chi connectivity index (χ4v) is 3.04. The van der Waals surface area contributed by atoms with Gasteiger partial charge in [0.2, 0.25) is 5.91 Å². The SMILES string of the molecule is C[C@@H](NC(=O)CCNC(=O)c1cc(F)ccc1Br)c1nc2ccccc2[nH]1. The lowest BCUT2D eigenvalue weighted by molar-refractivity contribution is -0.121. The van der Waals surface area contributed by atoms with Gasteiger partial charge in [0.15, 0.2) is 0 Å². The van der Waals surface area contributed by atoms with Gasteiger partial charge >= 0.3 is 0 Å². The molecule has 3 aromatic rings. The zero-order chi connectivity index (χ0) is 19.4. The Morgan fingerprint density at radius 1 is 1.26 bits per heavy atom. The van der Waals surface area contributed by atoms with Crippen LogP contribution in [0.3, 0.4) is 0 Å². The van der Waals surface area contributed by atoms with E-state index in [9.17, 15) is 14.0 Å². The first-order chi connectivity index (χ1) is 12.9. The molecule has 140 valence electrons. The predicted octanol–water partition coefficient (Wildman–Crippen LogP) is 3.46. The van der Waals surface area contributed by atoms with Gasteiger partial charge in [-0.15, -0.1) is 0 Å². The number of halogens is 2. The Morgan fingerprint density at radius 3 is 2.81 bits per heavy atom. The van der Waals surface area contributed by atoms with Crippen LogP contribution < -0.4 is 10.6 Å². The van der Waals surface area contributed by atoms with Gasteiger partial charge in [-0.25, -0.2) is 9.37 Å². The van der Waals surface area contributed by atoms with Gasteiger partial charge in [-0.05, 0) is 53.2 Å². The number of H-pyrrole nitrogens is 1. The van der Waals surface area contributed by atoms with Gasteiger partial charge < -0.3 is 15.6 Å². The Hall–Kier alpha value is -2.74. The number of nitrogens with zero attached hydrogens (tertiary/aromatic N) is 1. The van der Waals surface area contributed by atoms with E-state index < -0.39 is 11.7 Å². The Labute approximate surface area is 163 Å². The van der Waals surface area contributed by atoms with Crippen LogP contribution in [0.2, 0.25) is 0 Å². The van der Waals surface area contributed by atoms with Crippen molar-refractivity contribution in [3.8, 4) is 0 Å². The monoisotopic (exact) mass is 432 g/mol. The zero-order valence-corrected chi connectivity index (χ0v) is 16.1. The molecule has 0 spiro atoms. The van der Waals surface area contributed by atoms with Gasteiger partial charge in [-0.2, -0.15) is 0 Å². The molecule has 27 heavy (non-hydrogen) atoms. The van der Waals surface area contributed by atoms with Crippen LogP contribution in [0.25, 0.3) is 11.0 Å². The first kappa shape index (κ1) is 19.0. The van der Waals surface area contributed by atoms with E-state index in [2.05, 4.69) is 36.5 Å². The Bertz CT molecular complexity index is 956. The molecule has 8 heteroatoms. The molecule has 0 unspecified atom stereocenters. The summed E-state index contributed by atoms with van der Waals surface area (Å²) in [5, 5.41) is 5.45. The van der Waals surface area contributed by atoms with E-state index in [0.29, 0.717) is 10.3 Å². The van der Waals surface area contributed by atoms with Gasteiger partial charge in [0, 0.05) is 17.4 Å². The maximum Gasteiger partial charge on any atom is 0.252 e. The van der Waals surface area contributed by atoms with Crippen LogP contribution in [0.1, 0.15) is 35.6 Å². The van der Waals surface area contributed by atoms with E-state index >= 15 is 0 Å². The van der Waals surface area contributed by atoms with Crippen LogP contribution in [-0.4, -0.2) is 28.3 Å². The van der Waals surface area contributed by atoms with E-state index in [1.54, 1.807) is 0 Å². The van der Waals surface area contributed by atoms with Crippen LogP contribution in [0.4, 0.5) is 4.39 Å². The first-order valence-electron chi connectivity index (χ1n) is 8.41. The molecule has 3 rings (SSSR count). The molecule has 1 heterocycles. The number of rotatable bonds is 6. The minimum Gasteiger partial charge on any atom is -0.351 e. The minimum atomic E-state index is -0.499. The molecule has 0 saturated carbocycles. The Morgan fingerprint density at radius 2 is 2.04 bits per heavy atom. The van der Waals surface area contributed by atoms with E-state index in [0.717, 1.165) is 17.1 Å². The average Bonchev–Trinajstić information content (AvgIpc) is 3.08. The number of carbonyl (C=O) groups excluding carboxylic acids is 2. The summed E-state index contributed by atoms with van der Waals surface area (Å²) >= 11 is 3.21. The molecule has 6 nitrogen and oxygen atoms in total. The van der Waals surface area contributed by atoms with Crippen LogP contribution >= 0.6 is 15.9 Å². The number of carbonyl (C=O) groups is 2. The molecule has 0 aliphatic carbocycles. The largest absolute Gasteiger partial charge is 0.351 e. The molecular formula is C19H18BrFN4O2. The first-order valence-corrected chi connectivity index (χ1v) is 9.20. The number of hydrogen-bond donors (Lipinski definition) is 3. The van der Waals surface area contributed by atoms with E-state index in [1.165, 1.54) is 12.1 Å². The zero-order valence-electron chi connectivity index (χ0n) is 14.6. The van der Waals surface area contributed by atoms with Crippen molar-refractivity contribution in [3.63, 3.8) is 0 Å². The molecule has 2 amide bonds.